The number of nitrogens with one attached hydrogen (secondary N) is 1. The van der Waals surface area contributed by atoms with Crippen LogP contribution in [-0.2, 0) is 6.54 Å². The van der Waals surface area contributed by atoms with Crippen molar-refractivity contribution in [3.63, 3.8) is 0 Å². The minimum Gasteiger partial charge on any atom is -0.360 e. The molecular weight excluding hydrogens is 190 g/mol. The van der Waals surface area contributed by atoms with E-state index in [0.29, 0.717) is 5.92 Å². The predicted molar refractivity (Wildman–Crippen MR) is 56.6 cm³/mol. The highest BCUT2D eigenvalue weighted by molar-refractivity contribution is 5.15. The van der Waals surface area contributed by atoms with Crippen LogP contribution >= 0.6 is 0 Å². The zero-order valence-corrected chi connectivity index (χ0v) is 8.91. The molecule has 0 bridgehead atoms. The molecule has 0 aromatic carbocycles. The molecule has 0 unspecified atom stereocenters. The van der Waals surface area contributed by atoms with Crippen molar-refractivity contribution in [2.75, 3.05) is 26.2 Å². The van der Waals surface area contributed by atoms with E-state index in [0.717, 1.165) is 38.5 Å². The lowest BCUT2D eigenvalue weighted by molar-refractivity contribution is 0.207. The van der Waals surface area contributed by atoms with Crippen LogP contribution in [-0.4, -0.2) is 36.2 Å². The van der Waals surface area contributed by atoms with Crippen LogP contribution in [0.4, 0.5) is 0 Å². The number of nitrogens with zero attached hydrogens (tertiary/aromatic N) is 2. The van der Waals surface area contributed by atoms with E-state index in [9.17, 15) is 0 Å². The van der Waals surface area contributed by atoms with Gasteiger partial charge in [-0.2, -0.15) is 0 Å². The molecular formula is C11H17N3O. The predicted octanol–water partition coefficient (Wildman–Crippen LogP) is 0.957. The van der Waals surface area contributed by atoms with Gasteiger partial charge in [0, 0.05) is 38.2 Å². The van der Waals surface area contributed by atoms with Gasteiger partial charge in [0.1, 0.15) is 0 Å². The molecule has 0 amide bonds. The normalized spacial score (nSPS) is 23.2. The Morgan fingerprint density at radius 2 is 2.20 bits per heavy atom. The largest absolute Gasteiger partial charge is 0.360 e. The van der Waals surface area contributed by atoms with Gasteiger partial charge in [-0.05, 0) is 12.8 Å². The van der Waals surface area contributed by atoms with Crippen molar-refractivity contribution in [2.45, 2.75) is 25.3 Å². The minimum atomic E-state index is 0.700. The first-order valence-electron chi connectivity index (χ1n) is 5.80. The van der Waals surface area contributed by atoms with E-state index >= 15 is 0 Å². The van der Waals surface area contributed by atoms with Gasteiger partial charge in [0.2, 0.25) is 0 Å². The third kappa shape index (κ3) is 2.21. The van der Waals surface area contributed by atoms with Crippen LogP contribution in [0.15, 0.2) is 10.6 Å². The van der Waals surface area contributed by atoms with Gasteiger partial charge in [-0.3, -0.25) is 4.90 Å². The van der Waals surface area contributed by atoms with Crippen LogP contribution in [0.2, 0.25) is 0 Å². The molecule has 2 fully saturated rings. The minimum absolute atomic E-state index is 0.700. The Kier molecular flexibility index (Phi) is 2.46. The fourth-order valence-corrected chi connectivity index (χ4v) is 2.06. The molecule has 1 aromatic rings. The molecule has 0 spiro atoms. The fourth-order valence-electron chi connectivity index (χ4n) is 2.06. The van der Waals surface area contributed by atoms with Gasteiger partial charge in [0.05, 0.1) is 12.2 Å². The van der Waals surface area contributed by atoms with Crippen molar-refractivity contribution in [1.82, 2.24) is 15.4 Å². The first-order chi connectivity index (χ1) is 7.42. The highest BCUT2D eigenvalue weighted by atomic mass is 16.5. The molecule has 0 radical (unpaired) electrons. The molecule has 2 aliphatic rings. The average Bonchev–Trinajstić information content (AvgIpc) is 3.02. The SMILES string of the molecule is c1c(C2CC2)noc1CN1CCNCC1. The summed E-state index contributed by atoms with van der Waals surface area (Å²) >= 11 is 0. The Morgan fingerprint density at radius 3 is 2.93 bits per heavy atom. The summed E-state index contributed by atoms with van der Waals surface area (Å²) in [6.45, 7) is 5.31. The van der Waals surface area contributed by atoms with E-state index in [-0.39, 0.29) is 0 Å². The van der Waals surface area contributed by atoms with Gasteiger partial charge in [0.15, 0.2) is 5.76 Å². The molecule has 4 heteroatoms. The van der Waals surface area contributed by atoms with Crippen LogP contribution in [0.1, 0.15) is 30.2 Å². The number of hydrogen-bond donors (Lipinski definition) is 1. The van der Waals surface area contributed by atoms with Crippen LogP contribution in [0.25, 0.3) is 0 Å². The Bertz CT molecular complexity index is 326. The maximum Gasteiger partial charge on any atom is 0.150 e. The zero-order valence-electron chi connectivity index (χ0n) is 8.91. The summed E-state index contributed by atoms with van der Waals surface area (Å²) in [5, 5.41) is 7.47. The second-order valence-corrected chi connectivity index (χ2v) is 4.52. The first kappa shape index (κ1) is 9.36. The highest BCUT2D eigenvalue weighted by Gasteiger charge is 2.27. The van der Waals surface area contributed by atoms with Crippen molar-refractivity contribution in [3.05, 3.63) is 17.5 Å². The number of rotatable bonds is 3. The summed E-state index contributed by atoms with van der Waals surface area (Å²) in [6.07, 6.45) is 2.58. The maximum atomic E-state index is 5.36. The zero-order chi connectivity index (χ0) is 10.1. The van der Waals surface area contributed by atoms with E-state index in [1.165, 1.54) is 18.5 Å². The van der Waals surface area contributed by atoms with E-state index in [4.69, 9.17) is 4.52 Å². The van der Waals surface area contributed by atoms with Gasteiger partial charge in [-0.1, -0.05) is 5.16 Å². The van der Waals surface area contributed by atoms with Gasteiger partial charge in [-0.15, -0.1) is 0 Å². The maximum absolute atomic E-state index is 5.36. The van der Waals surface area contributed by atoms with Gasteiger partial charge >= 0.3 is 0 Å². The smallest absolute Gasteiger partial charge is 0.150 e. The summed E-state index contributed by atoms with van der Waals surface area (Å²) in [5.41, 5.74) is 1.17. The van der Waals surface area contributed by atoms with Gasteiger partial charge < -0.3 is 9.84 Å². The van der Waals surface area contributed by atoms with Crippen LogP contribution in [0, 0.1) is 0 Å². The molecule has 1 saturated carbocycles. The molecule has 1 saturated heterocycles. The topological polar surface area (TPSA) is 41.3 Å². The number of hydrogen-bond acceptors (Lipinski definition) is 4. The van der Waals surface area contributed by atoms with E-state index in [1.807, 2.05) is 0 Å². The molecule has 15 heavy (non-hydrogen) atoms. The third-order valence-electron chi connectivity index (χ3n) is 3.16. The van der Waals surface area contributed by atoms with Gasteiger partial charge in [-0.25, -0.2) is 0 Å². The van der Waals surface area contributed by atoms with Crippen molar-refractivity contribution in [3.8, 4) is 0 Å². The molecule has 1 aliphatic carbocycles. The van der Waals surface area contributed by atoms with Crippen LogP contribution in [0.3, 0.4) is 0 Å². The lowest BCUT2D eigenvalue weighted by atomic mass is 10.2. The molecule has 4 nitrogen and oxygen atoms in total. The summed E-state index contributed by atoms with van der Waals surface area (Å²) < 4.78 is 5.36. The lowest BCUT2D eigenvalue weighted by Crippen LogP contribution is -2.42. The Morgan fingerprint density at radius 1 is 1.40 bits per heavy atom. The molecule has 0 atom stereocenters. The highest BCUT2D eigenvalue weighted by Crippen LogP contribution is 2.39. The van der Waals surface area contributed by atoms with Crippen molar-refractivity contribution in [1.29, 1.82) is 0 Å². The van der Waals surface area contributed by atoms with Crippen molar-refractivity contribution in [2.24, 2.45) is 0 Å². The standard InChI is InChI=1S/C11H17N3O/c1-2-9(1)11-7-10(15-13-11)8-14-5-3-12-4-6-14/h7,9,12H,1-6,8H2. The summed E-state index contributed by atoms with van der Waals surface area (Å²) in [7, 11) is 0. The molecule has 2 heterocycles. The summed E-state index contributed by atoms with van der Waals surface area (Å²) in [6, 6.07) is 2.14. The van der Waals surface area contributed by atoms with Gasteiger partial charge in [0.25, 0.3) is 0 Å². The molecule has 1 aliphatic heterocycles. The fraction of sp³-hybridized carbons (Fsp3) is 0.727. The Hall–Kier alpha value is -0.870. The third-order valence-corrected chi connectivity index (χ3v) is 3.16. The van der Waals surface area contributed by atoms with E-state index < -0.39 is 0 Å². The van der Waals surface area contributed by atoms with Crippen LogP contribution < -0.4 is 5.32 Å². The first-order valence-corrected chi connectivity index (χ1v) is 5.80. The molecule has 1 N–H and O–H groups in total. The second-order valence-electron chi connectivity index (χ2n) is 4.52. The molecule has 3 rings (SSSR count). The van der Waals surface area contributed by atoms with E-state index in [1.54, 1.807) is 0 Å². The quantitative estimate of drug-likeness (QED) is 0.801. The monoisotopic (exact) mass is 207 g/mol. The second kappa shape index (κ2) is 3.94. The number of aromatic nitrogens is 1. The van der Waals surface area contributed by atoms with Crippen molar-refractivity contribution < 1.29 is 4.52 Å². The number of piperazine rings is 1. The molecule has 82 valence electrons. The van der Waals surface area contributed by atoms with Crippen LogP contribution in [0.5, 0.6) is 0 Å². The average molecular weight is 207 g/mol. The summed E-state index contributed by atoms with van der Waals surface area (Å²) in [4.78, 5) is 2.41. The van der Waals surface area contributed by atoms with E-state index in [2.05, 4.69) is 21.4 Å². The summed E-state index contributed by atoms with van der Waals surface area (Å²) in [5.74, 6) is 1.73. The molecule has 1 aromatic heterocycles. The Balaban J connectivity index is 1.60. The van der Waals surface area contributed by atoms with Crippen molar-refractivity contribution >= 4 is 0 Å². The Labute approximate surface area is 89.6 Å². The lowest BCUT2D eigenvalue weighted by Gasteiger charge is -2.25.